The van der Waals surface area contributed by atoms with Gasteiger partial charge in [-0.1, -0.05) is 41.4 Å². The Hall–Kier alpha value is -2.30. The van der Waals surface area contributed by atoms with Gasteiger partial charge in [0.15, 0.2) is 5.78 Å². The maximum atomic E-state index is 12.5. The molecule has 0 spiro atoms. The number of aromatic hydroxyl groups is 1. The zero-order chi connectivity index (χ0) is 15.7. The van der Waals surface area contributed by atoms with Crippen LogP contribution in [0.5, 0.6) is 5.75 Å². The van der Waals surface area contributed by atoms with E-state index in [0.29, 0.717) is 5.56 Å². The van der Waals surface area contributed by atoms with Crippen molar-refractivity contribution in [2.45, 2.75) is 0 Å². The molecule has 0 radical (unpaired) electrons. The van der Waals surface area contributed by atoms with Gasteiger partial charge in [-0.05, 0) is 24.3 Å². The van der Waals surface area contributed by atoms with Crippen LogP contribution in [0.15, 0.2) is 54.9 Å². The van der Waals surface area contributed by atoms with E-state index in [1.54, 1.807) is 10.9 Å². The molecule has 0 aliphatic carbocycles. The summed E-state index contributed by atoms with van der Waals surface area (Å²) in [7, 11) is 0. The average Bonchev–Trinajstić information content (AvgIpc) is 3.01. The number of ketones is 1. The van der Waals surface area contributed by atoms with E-state index in [0.717, 1.165) is 5.69 Å². The van der Waals surface area contributed by atoms with E-state index in [9.17, 15) is 9.90 Å². The van der Waals surface area contributed by atoms with Crippen molar-refractivity contribution in [2.75, 3.05) is 0 Å². The Morgan fingerprint density at radius 3 is 2.59 bits per heavy atom. The van der Waals surface area contributed by atoms with Gasteiger partial charge in [0.25, 0.3) is 0 Å². The number of phenols is 1. The first kappa shape index (κ1) is 14.6. The molecule has 6 heteroatoms. The molecule has 0 saturated heterocycles. The fraction of sp³-hybridized carbons (Fsp3) is 0. The molecule has 4 nitrogen and oxygen atoms in total. The molecular formula is C16H10Cl2N2O2. The summed E-state index contributed by atoms with van der Waals surface area (Å²) in [4.78, 5) is 12.5. The van der Waals surface area contributed by atoms with Crippen molar-refractivity contribution >= 4 is 29.0 Å². The highest BCUT2D eigenvalue weighted by Gasteiger charge is 2.18. The highest BCUT2D eigenvalue weighted by molar-refractivity contribution is 6.36. The number of benzene rings is 2. The third-order valence-electron chi connectivity index (χ3n) is 3.14. The van der Waals surface area contributed by atoms with Crippen LogP contribution in [0.25, 0.3) is 5.69 Å². The van der Waals surface area contributed by atoms with E-state index in [-0.39, 0.29) is 21.4 Å². The molecule has 0 unspecified atom stereocenters. The summed E-state index contributed by atoms with van der Waals surface area (Å²) in [5.41, 5.74) is 1.21. The molecule has 0 saturated carbocycles. The van der Waals surface area contributed by atoms with Crippen LogP contribution in [-0.4, -0.2) is 20.7 Å². The van der Waals surface area contributed by atoms with Gasteiger partial charge in [-0.2, -0.15) is 5.10 Å². The number of phenolic OH excluding ortho intramolecular Hbond substituents is 1. The van der Waals surface area contributed by atoms with Gasteiger partial charge in [-0.25, -0.2) is 4.68 Å². The van der Waals surface area contributed by atoms with Crippen LogP contribution in [0.2, 0.25) is 10.0 Å². The first-order valence-corrected chi connectivity index (χ1v) is 7.14. The molecular weight excluding hydrogens is 323 g/mol. The highest BCUT2D eigenvalue weighted by atomic mass is 35.5. The summed E-state index contributed by atoms with van der Waals surface area (Å²) in [6.45, 7) is 0. The molecule has 0 atom stereocenters. The van der Waals surface area contributed by atoms with Gasteiger partial charge in [0.2, 0.25) is 0 Å². The van der Waals surface area contributed by atoms with E-state index >= 15 is 0 Å². The molecule has 110 valence electrons. The summed E-state index contributed by atoms with van der Waals surface area (Å²) >= 11 is 11.7. The Bertz CT molecular complexity index is 845. The van der Waals surface area contributed by atoms with Crippen molar-refractivity contribution in [1.29, 1.82) is 0 Å². The molecule has 22 heavy (non-hydrogen) atoms. The minimum Gasteiger partial charge on any atom is -0.506 e. The van der Waals surface area contributed by atoms with Crippen LogP contribution in [0.1, 0.15) is 15.9 Å². The Morgan fingerprint density at radius 1 is 1.14 bits per heavy atom. The average molecular weight is 333 g/mol. The number of nitrogens with zero attached hydrogens (tertiary/aromatic N) is 2. The highest BCUT2D eigenvalue weighted by Crippen LogP contribution is 2.32. The minimum atomic E-state index is -0.399. The standard InChI is InChI=1S/C16H10Cl2N2O2/c17-11-6-13(16(22)14(18)7-11)15(21)10-8-19-20(9-10)12-4-2-1-3-5-12/h1-9,22H. The van der Waals surface area contributed by atoms with E-state index in [1.807, 2.05) is 30.3 Å². The number of carbonyl (C=O) groups excluding carboxylic acids is 1. The Morgan fingerprint density at radius 2 is 1.86 bits per heavy atom. The molecule has 0 fully saturated rings. The van der Waals surface area contributed by atoms with E-state index in [4.69, 9.17) is 23.2 Å². The van der Waals surface area contributed by atoms with Crippen LogP contribution >= 0.6 is 23.2 Å². The van der Waals surface area contributed by atoms with Crippen LogP contribution < -0.4 is 0 Å². The Balaban J connectivity index is 1.99. The van der Waals surface area contributed by atoms with Crippen LogP contribution in [0.4, 0.5) is 0 Å². The first-order valence-electron chi connectivity index (χ1n) is 6.39. The molecule has 3 aromatic rings. The lowest BCUT2D eigenvalue weighted by Gasteiger charge is -2.05. The first-order chi connectivity index (χ1) is 10.6. The topological polar surface area (TPSA) is 55.1 Å². The van der Waals surface area contributed by atoms with Gasteiger partial charge in [0.05, 0.1) is 28.0 Å². The molecule has 1 N–H and O–H groups in total. The lowest BCUT2D eigenvalue weighted by molar-refractivity contribution is 0.103. The second-order valence-corrected chi connectivity index (χ2v) is 5.47. The molecule has 1 heterocycles. The third-order valence-corrected chi connectivity index (χ3v) is 3.64. The predicted molar refractivity (Wildman–Crippen MR) is 85.1 cm³/mol. The summed E-state index contributed by atoms with van der Waals surface area (Å²) < 4.78 is 1.58. The van der Waals surface area contributed by atoms with Crippen molar-refractivity contribution in [3.8, 4) is 11.4 Å². The molecule has 0 aliphatic heterocycles. The summed E-state index contributed by atoms with van der Waals surface area (Å²) in [5.74, 6) is -0.687. The fourth-order valence-electron chi connectivity index (χ4n) is 2.06. The Kier molecular flexibility index (Phi) is 3.88. The molecule has 0 aliphatic rings. The van der Waals surface area contributed by atoms with Crippen LogP contribution in [0, 0.1) is 0 Å². The van der Waals surface area contributed by atoms with Crippen molar-refractivity contribution in [3.05, 3.63) is 76.0 Å². The van der Waals surface area contributed by atoms with Crippen molar-refractivity contribution < 1.29 is 9.90 Å². The number of rotatable bonds is 3. The van der Waals surface area contributed by atoms with Crippen LogP contribution in [0.3, 0.4) is 0 Å². The number of carbonyl (C=O) groups is 1. The summed E-state index contributed by atoms with van der Waals surface area (Å²) in [6, 6.07) is 12.1. The lowest BCUT2D eigenvalue weighted by atomic mass is 10.1. The maximum absolute atomic E-state index is 12.5. The zero-order valence-electron chi connectivity index (χ0n) is 11.2. The number of halogens is 2. The van der Waals surface area contributed by atoms with E-state index in [2.05, 4.69) is 5.10 Å². The second-order valence-electron chi connectivity index (χ2n) is 4.62. The van der Waals surface area contributed by atoms with Gasteiger partial charge in [0.1, 0.15) is 5.75 Å². The number of para-hydroxylation sites is 1. The van der Waals surface area contributed by atoms with Gasteiger partial charge in [-0.15, -0.1) is 0 Å². The second kappa shape index (κ2) is 5.83. The summed E-state index contributed by atoms with van der Waals surface area (Å²) in [5, 5.41) is 14.4. The third kappa shape index (κ3) is 2.71. The minimum absolute atomic E-state index is 0.0336. The van der Waals surface area contributed by atoms with Crippen molar-refractivity contribution in [2.24, 2.45) is 0 Å². The predicted octanol–water partition coefficient (Wildman–Crippen LogP) is 4.12. The van der Waals surface area contributed by atoms with E-state index in [1.165, 1.54) is 18.3 Å². The number of hydrogen-bond acceptors (Lipinski definition) is 3. The maximum Gasteiger partial charge on any atom is 0.200 e. The van der Waals surface area contributed by atoms with E-state index < -0.39 is 5.78 Å². The quantitative estimate of drug-likeness (QED) is 0.734. The van der Waals surface area contributed by atoms with Crippen molar-refractivity contribution in [1.82, 2.24) is 9.78 Å². The van der Waals surface area contributed by atoms with Crippen molar-refractivity contribution in [3.63, 3.8) is 0 Å². The largest absolute Gasteiger partial charge is 0.506 e. The summed E-state index contributed by atoms with van der Waals surface area (Å²) in [6.07, 6.45) is 3.02. The smallest absolute Gasteiger partial charge is 0.200 e. The molecule has 2 aromatic carbocycles. The number of hydrogen-bond donors (Lipinski definition) is 1. The molecule has 0 amide bonds. The van der Waals surface area contributed by atoms with Gasteiger partial charge in [-0.3, -0.25) is 4.79 Å². The monoisotopic (exact) mass is 332 g/mol. The van der Waals surface area contributed by atoms with Gasteiger partial charge in [0, 0.05) is 11.2 Å². The van der Waals surface area contributed by atoms with Gasteiger partial charge >= 0.3 is 0 Å². The number of aromatic nitrogens is 2. The SMILES string of the molecule is O=C(c1cnn(-c2ccccc2)c1)c1cc(Cl)cc(Cl)c1O. The molecule has 3 rings (SSSR count). The Labute approximate surface area is 136 Å². The normalized spacial score (nSPS) is 10.6. The molecule has 0 bridgehead atoms. The zero-order valence-corrected chi connectivity index (χ0v) is 12.7. The van der Waals surface area contributed by atoms with Gasteiger partial charge < -0.3 is 5.11 Å². The fourth-order valence-corrected chi connectivity index (χ4v) is 2.55. The molecule has 1 aromatic heterocycles. The van der Waals surface area contributed by atoms with Crippen LogP contribution in [-0.2, 0) is 0 Å². The lowest BCUT2D eigenvalue weighted by Crippen LogP contribution is -2.01.